The van der Waals surface area contributed by atoms with Gasteiger partial charge < -0.3 is 35.6 Å². The zero-order valence-corrected chi connectivity index (χ0v) is 25.4. The summed E-state index contributed by atoms with van der Waals surface area (Å²) >= 11 is 0. The Morgan fingerprint density at radius 1 is 0.809 bits per heavy atom. The van der Waals surface area contributed by atoms with E-state index in [9.17, 15) is 39.5 Å². The molecule has 1 aliphatic heterocycles. The first-order valence-electron chi connectivity index (χ1n) is 14.4. The van der Waals surface area contributed by atoms with Gasteiger partial charge in [0.25, 0.3) is 17.5 Å². The number of dihydropyridines is 1. The molecule has 1 atom stereocenters. The molecule has 0 aliphatic carbocycles. The maximum atomic E-state index is 13.5. The van der Waals surface area contributed by atoms with Gasteiger partial charge in [-0.15, -0.1) is 0 Å². The summed E-state index contributed by atoms with van der Waals surface area (Å²) in [6, 6.07) is 17.0. The molecule has 14 heteroatoms. The summed E-state index contributed by atoms with van der Waals surface area (Å²) in [6.45, 7) is 2.53. The molecule has 3 aromatic carbocycles. The van der Waals surface area contributed by atoms with Crippen molar-refractivity contribution in [2.45, 2.75) is 19.8 Å². The number of carbonyl (C=O) groups is 4. The van der Waals surface area contributed by atoms with Crippen LogP contribution < -0.4 is 16.0 Å². The van der Waals surface area contributed by atoms with Crippen molar-refractivity contribution in [2.24, 2.45) is 0 Å². The Labute approximate surface area is 268 Å². The Morgan fingerprint density at radius 3 is 1.96 bits per heavy atom. The molecule has 0 spiro atoms. The molecule has 0 aromatic heterocycles. The lowest BCUT2D eigenvalue weighted by Crippen LogP contribution is -2.34. The molecule has 0 fully saturated rings. The summed E-state index contributed by atoms with van der Waals surface area (Å²) in [6.07, 6.45) is 0. The Bertz CT molecular complexity index is 1760. The van der Waals surface area contributed by atoms with Gasteiger partial charge in [-0.3, -0.25) is 19.7 Å². The van der Waals surface area contributed by atoms with Gasteiger partial charge in [-0.2, -0.15) is 0 Å². The lowest BCUT2D eigenvalue weighted by atomic mass is 9.80. The number of carbonyl (C=O) groups excluding carboxylic acids is 4. The normalized spacial score (nSPS) is 14.1. The summed E-state index contributed by atoms with van der Waals surface area (Å²) in [5.41, 5.74) is 0.993. The number of benzene rings is 3. The van der Waals surface area contributed by atoms with Crippen LogP contribution in [-0.4, -0.2) is 65.2 Å². The molecule has 244 valence electrons. The van der Waals surface area contributed by atoms with Gasteiger partial charge in [0.2, 0.25) is 0 Å². The van der Waals surface area contributed by atoms with Crippen LogP contribution in [0.3, 0.4) is 0 Å². The van der Waals surface area contributed by atoms with Crippen molar-refractivity contribution in [3.05, 3.63) is 122 Å². The fraction of sp³-hybridized carbons (Fsp3) is 0.212. The molecule has 0 bridgehead atoms. The van der Waals surface area contributed by atoms with Gasteiger partial charge in [0.05, 0.1) is 40.6 Å². The molecule has 3 aromatic rings. The van der Waals surface area contributed by atoms with Crippen molar-refractivity contribution in [2.75, 3.05) is 26.3 Å². The molecule has 5 N–H and O–H groups in total. The number of nitrogens with zero attached hydrogens (tertiary/aromatic N) is 1. The number of aromatic hydroxyl groups is 2. The first kappa shape index (κ1) is 33.7. The number of nitrogens with one attached hydrogen (secondary N) is 3. The number of hydrogen-bond acceptors (Lipinski definition) is 11. The Hall–Kier alpha value is -6.18. The van der Waals surface area contributed by atoms with Crippen molar-refractivity contribution in [3.8, 4) is 11.5 Å². The molecular formula is C33H32N4O10. The highest BCUT2D eigenvalue weighted by atomic mass is 16.6. The maximum Gasteiger partial charge on any atom is 0.336 e. The van der Waals surface area contributed by atoms with Gasteiger partial charge in [0, 0.05) is 29.1 Å². The van der Waals surface area contributed by atoms with Crippen LogP contribution in [0.4, 0.5) is 5.69 Å². The van der Waals surface area contributed by atoms with Crippen LogP contribution in [0.25, 0.3) is 0 Å². The largest absolute Gasteiger partial charge is 0.508 e. The monoisotopic (exact) mass is 644 g/mol. The molecule has 14 nitrogen and oxygen atoms in total. The first-order valence-corrected chi connectivity index (χ1v) is 14.4. The number of ether oxygens (including phenoxy) is 2. The van der Waals surface area contributed by atoms with Gasteiger partial charge >= 0.3 is 11.9 Å². The Morgan fingerprint density at radius 2 is 1.38 bits per heavy atom. The van der Waals surface area contributed by atoms with Crippen molar-refractivity contribution >= 4 is 29.4 Å². The second kappa shape index (κ2) is 15.2. The number of para-hydroxylation sites is 1. The molecule has 0 saturated heterocycles. The number of rotatable bonds is 12. The highest BCUT2D eigenvalue weighted by Crippen LogP contribution is 2.40. The topological polar surface area (TPSA) is 206 Å². The molecule has 0 radical (unpaired) electrons. The van der Waals surface area contributed by atoms with Crippen LogP contribution >= 0.6 is 0 Å². The number of nitro groups is 1. The van der Waals surface area contributed by atoms with Crippen molar-refractivity contribution in [3.63, 3.8) is 0 Å². The highest BCUT2D eigenvalue weighted by Gasteiger charge is 2.38. The predicted octanol–water partition coefficient (Wildman–Crippen LogP) is 3.19. The number of esters is 2. The summed E-state index contributed by atoms with van der Waals surface area (Å²) in [7, 11) is 0. The van der Waals surface area contributed by atoms with E-state index in [-0.39, 0.29) is 71.3 Å². The third-order valence-corrected chi connectivity index (χ3v) is 7.13. The zero-order valence-electron chi connectivity index (χ0n) is 25.4. The van der Waals surface area contributed by atoms with Gasteiger partial charge in [0.1, 0.15) is 24.7 Å². The van der Waals surface area contributed by atoms with Gasteiger partial charge in [0.15, 0.2) is 0 Å². The number of allylic oxidation sites excluding steroid dienone is 2. The molecule has 1 heterocycles. The average molecular weight is 645 g/mol. The van der Waals surface area contributed by atoms with Crippen molar-refractivity contribution in [1.29, 1.82) is 0 Å². The molecule has 2 amide bonds. The van der Waals surface area contributed by atoms with E-state index in [4.69, 9.17) is 9.47 Å². The summed E-state index contributed by atoms with van der Waals surface area (Å²) in [4.78, 5) is 62.7. The van der Waals surface area contributed by atoms with Crippen molar-refractivity contribution < 1.29 is 43.8 Å². The minimum atomic E-state index is -1.13. The number of phenolic OH excluding ortho intramolecular Hbond substituents is 2. The van der Waals surface area contributed by atoms with E-state index in [2.05, 4.69) is 16.0 Å². The predicted molar refractivity (Wildman–Crippen MR) is 167 cm³/mol. The maximum absolute atomic E-state index is 13.5. The van der Waals surface area contributed by atoms with Crippen LogP contribution in [0.15, 0.2) is 95.3 Å². The fourth-order valence-corrected chi connectivity index (χ4v) is 4.93. The molecule has 0 saturated carbocycles. The number of amides is 2. The van der Waals surface area contributed by atoms with E-state index in [0.29, 0.717) is 11.4 Å². The van der Waals surface area contributed by atoms with E-state index in [1.54, 1.807) is 26.0 Å². The van der Waals surface area contributed by atoms with E-state index in [0.717, 1.165) is 0 Å². The number of hydrogen-bond donors (Lipinski definition) is 5. The Kier molecular flexibility index (Phi) is 10.9. The summed E-state index contributed by atoms with van der Waals surface area (Å²) in [5.74, 6) is -4.05. The third kappa shape index (κ3) is 8.30. The zero-order chi connectivity index (χ0) is 34.1. The average Bonchev–Trinajstić information content (AvgIpc) is 3.04. The summed E-state index contributed by atoms with van der Waals surface area (Å²) in [5, 5.41) is 39.0. The van der Waals surface area contributed by atoms with E-state index >= 15 is 0 Å². The minimum absolute atomic E-state index is 0.000708. The van der Waals surface area contributed by atoms with Gasteiger partial charge in [-0.05, 0) is 55.8 Å². The molecule has 0 unspecified atom stereocenters. The van der Waals surface area contributed by atoms with Gasteiger partial charge in [-0.1, -0.05) is 24.3 Å². The molecule has 1 aliphatic rings. The van der Waals surface area contributed by atoms with Crippen LogP contribution in [0.1, 0.15) is 46.0 Å². The number of nitro benzene ring substituents is 1. The Balaban J connectivity index is 1.49. The standard InChI is InChI=1S/C33H32N4O10/c1-19-27(32(42)46-16-14-34-30(40)21-10-12-24(38)13-11-21)29(22-6-5-7-23(18-22)37(44)45)28(20(2)36-19)33(43)47-17-15-35-31(41)25-8-3-4-9-26(25)39/h3-13,18,29,36,38-39H,14-17H2,1-2H3,(H,34,40)(H,35,41)/t29-/m1/s1. The minimum Gasteiger partial charge on any atom is -0.508 e. The van der Waals surface area contributed by atoms with E-state index in [1.807, 2.05) is 0 Å². The van der Waals surface area contributed by atoms with E-state index in [1.165, 1.54) is 60.7 Å². The first-order chi connectivity index (χ1) is 22.5. The molecular weight excluding hydrogens is 612 g/mol. The highest BCUT2D eigenvalue weighted by molar-refractivity contribution is 6.00. The third-order valence-electron chi connectivity index (χ3n) is 7.13. The molecule has 4 rings (SSSR count). The smallest absolute Gasteiger partial charge is 0.336 e. The fourth-order valence-electron chi connectivity index (χ4n) is 4.93. The van der Waals surface area contributed by atoms with Gasteiger partial charge in [-0.25, -0.2) is 9.59 Å². The second-order valence-electron chi connectivity index (χ2n) is 10.3. The number of phenols is 2. The van der Waals surface area contributed by atoms with Crippen LogP contribution in [0.2, 0.25) is 0 Å². The number of non-ortho nitro benzene ring substituents is 1. The lowest BCUT2D eigenvalue weighted by molar-refractivity contribution is -0.384. The van der Waals surface area contributed by atoms with Crippen LogP contribution in [-0.2, 0) is 19.1 Å². The molecule has 47 heavy (non-hydrogen) atoms. The SMILES string of the molecule is CC1=C(C(=O)OCCNC(=O)c2ccc(O)cc2)[C@@H](c2cccc([N+](=O)[O-])c2)C(C(=O)OCCNC(=O)c2ccccc2O)=C(C)N1. The lowest BCUT2D eigenvalue weighted by Gasteiger charge is -2.30. The van der Waals surface area contributed by atoms with E-state index < -0.39 is 34.6 Å². The summed E-state index contributed by atoms with van der Waals surface area (Å²) < 4.78 is 10.9. The van der Waals surface area contributed by atoms with Crippen LogP contribution in [0.5, 0.6) is 11.5 Å². The van der Waals surface area contributed by atoms with Crippen LogP contribution in [0, 0.1) is 10.1 Å². The second-order valence-corrected chi connectivity index (χ2v) is 10.3. The van der Waals surface area contributed by atoms with Crippen molar-refractivity contribution in [1.82, 2.24) is 16.0 Å². The quantitative estimate of drug-likeness (QED) is 0.0837.